The number of rotatable bonds is 4. The molecule has 0 radical (unpaired) electrons. The molecule has 0 spiro atoms. The van der Waals surface area contributed by atoms with Crippen molar-refractivity contribution in [3.8, 4) is 0 Å². The number of barbiturate groups is 1. The van der Waals surface area contributed by atoms with Crippen molar-refractivity contribution < 1.29 is 14.4 Å². The number of carbonyl (C=O) groups excluding carboxylic acids is 3. The van der Waals surface area contributed by atoms with Gasteiger partial charge in [-0.1, -0.05) is 26.7 Å². The van der Waals surface area contributed by atoms with E-state index in [1.54, 1.807) is 0 Å². The molecule has 1 heterocycles. The van der Waals surface area contributed by atoms with Crippen molar-refractivity contribution in [3.05, 3.63) is 0 Å². The van der Waals surface area contributed by atoms with E-state index in [0.717, 1.165) is 12.8 Å². The third-order valence-corrected chi connectivity index (χ3v) is 2.53. The molecule has 5 heteroatoms. The molecule has 1 unspecified atom stereocenters. The van der Waals surface area contributed by atoms with Gasteiger partial charge in [0.2, 0.25) is 11.8 Å². The Morgan fingerprint density at radius 3 is 2.20 bits per heavy atom. The fraction of sp³-hybridized carbons (Fsp3) is 0.700. The molecule has 0 bridgehead atoms. The minimum absolute atomic E-state index is 0.310. The van der Waals surface area contributed by atoms with Gasteiger partial charge in [0.05, 0.1) is 0 Å². The average Bonchev–Trinajstić information content (AvgIpc) is 2.11. The summed E-state index contributed by atoms with van der Waals surface area (Å²) >= 11 is 0. The summed E-state index contributed by atoms with van der Waals surface area (Å²) in [5.41, 5.74) is 0. The first kappa shape index (κ1) is 11.7. The van der Waals surface area contributed by atoms with Crippen LogP contribution < -0.4 is 10.6 Å². The molecular weight excluding hydrogens is 196 g/mol. The first-order chi connectivity index (χ1) is 7.04. The van der Waals surface area contributed by atoms with Crippen molar-refractivity contribution >= 4 is 17.8 Å². The number of amides is 4. The Balaban J connectivity index is 2.56. The first-order valence-corrected chi connectivity index (χ1v) is 5.20. The molecule has 0 aromatic heterocycles. The lowest BCUT2D eigenvalue weighted by Crippen LogP contribution is -2.55. The van der Waals surface area contributed by atoms with Gasteiger partial charge in [-0.15, -0.1) is 0 Å². The topological polar surface area (TPSA) is 75.3 Å². The van der Waals surface area contributed by atoms with E-state index in [4.69, 9.17) is 0 Å². The zero-order valence-electron chi connectivity index (χ0n) is 9.00. The smallest absolute Gasteiger partial charge is 0.277 e. The maximum absolute atomic E-state index is 11.4. The van der Waals surface area contributed by atoms with Crippen molar-refractivity contribution in [2.24, 2.45) is 11.8 Å². The molecule has 1 rings (SSSR count). The van der Waals surface area contributed by atoms with E-state index < -0.39 is 23.8 Å². The maximum Gasteiger partial charge on any atom is 0.328 e. The summed E-state index contributed by atoms with van der Waals surface area (Å²) in [6, 6.07) is -0.718. The van der Waals surface area contributed by atoms with Gasteiger partial charge in [-0.3, -0.25) is 20.2 Å². The molecule has 15 heavy (non-hydrogen) atoms. The van der Waals surface area contributed by atoms with E-state index in [2.05, 4.69) is 17.6 Å². The van der Waals surface area contributed by atoms with E-state index in [-0.39, 0.29) is 0 Å². The highest BCUT2D eigenvalue weighted by molar-refractivity contribution is 6.16. The summed E-state index contributed by atoms with van der Waals surface area (Å²) in [4.78, 5) is 33.5. The average molecular weight is 212 g/mol. The third kappa shape index (κ3) is 3.04. The number of hydrogen-bond donors (Lipinski definition) is 2. The van der Waals surface area contributed by atoms with Crippen LogP contribution in [0.3, 0.4) is 0 Å². The Morgan fingerprint density at radius 1 is 1.20 bits per heavy atom. The van der Waals surface area contributed by atoms with Crippen LogP contribution in [0, 0.1) is 11.8 Å². The predicted molar refractivity (Wildman–Crippen MR) is 53.9 cm³/mol. The Bertz CT molecular complexity index is 268. The van der Waals surface area contributed by atoms with E-state index in [9.17, 15) is 14.4 Å². The molecule has 2 N–H and O–H groups in total. The molecule has 1 aliphatic heterocycles. The van der Waals surface area contributed by atoms with E-state index in [1.165, 1.54) is 0 Å². The fourth-order valence-corrected chi connectivity index (χ4v) is 1.78. The quantitative estimate of drug-likeness (QED) is 0.677. The van der Waals surface area contributed by atoms with Crippen LogP contribution in [0.4, 0.5) is 4.79 Å². The molecule has 1 aliphatic rings. The van der Waals surface area contributed by atoms with Crippen molar-refractivity contribution in [1.82, 2.24) is 10.6 Å². The number of imide groups is 2. The normalized spacial score (nSPS) is 19.7. The summed E-state index contributed by atoms with van der Waals surface area (Å²) in [7, 11) is 0. The molecule has 0 aromatic carbocycles. The third-order valence-electron chi connectivity index (χ3n) is 2.53. The zero-order valence-corrected chi connectivity index (χ0v) is 9.00. The lowest BCUT2D eigenvalue weighted by Gasteiger charge is -2.22. The van der Waals surface area contributed by atoms with E-state index >= 15 is 0 Å². The lowest BCUT2D eigenvalue weighted by atomic mass is 9.90. The largest absolute Gasteiger partial charge is 0.328 e. The van der Waals surface area contributed by atoms with Gasteiger partial charge in [0.25, 0.3) is 0 Å². The van der Waals surface area contributed by atoms with Gasteiger partial charge in [-0.25, -0.2) is 4.79 Å². The van der Waals surface area contributed by atoms with Crippen LogP contribution in [-0.4, -0.2) is 17.8 Å². The molecule has 0 aromatic rings. The highest BCUT2D eigenvalue weighted by atomic mass is 16.2. The predicted octanol–water partition coefficient (Wildman–Crippen LogP) is 0.795. The van der Waals surface area contributed by atoms with Crippen molar-refractivity contribution in [3.63, 3.8) is 0 Å². The summed E-state index contributed by atoms with van der Waals surface area (Å²) in [6.45, 7) is 4.06. The number of urea groups is 1. The fourth-order valence-electron chi connectivity index (χ4n) is 1.78. The molecule has 1 atom stereocenters. The van der Waals surface area contributed by atoms with Gasteiger partial charge in [-0.05, 0) is 12.3 Å². The van der Waals surface area contributed by atoms with Crippen molar-refractivity contribution in [1.29, 1.82) is 0 Å². The number of nitrogens with one attached hydrogen (secondary N) is 2. The highest BCUT2D eigenvalue weighted by Crippen LogP contribution is 2.18. The molecule has 0 saturated carbocycles. The Kier molecular flexibility index (Phi) is 3.82. The van der Waals surface area contributed by atoms with Crippen LogP contribution in [0.5, 0.6) is 0 Å². The first-order valence-electron chi connectivity index (χ1n) is 5.20. The van der Waals surface area contributed by atoms with E-state index in [0.29, 0.717) is 12.3 Å². The summed E-state index contributed by atoms with van der Waals surface area (Å²) in [5.74, 6) is -1.37. The Morgan fingerprint density at radius 2 is 1.73 bits per heavy atom. The van der Waals surface area contributed by atoms with Crippen LogP contribution in [-0.2, 0) is 9.59 Å². The summed E-state index contributed by atoms with van der Waals surface area (Å²) < 4.78 is 0. The molecule has 84 valence electrons. The van der Waals surface area contributed by atoms with Gasteiger partial charge in [0.15, 0.2) is 0 Å². The minimum Gasteiger partial charge on any atom is -0.277 e. The number of hydrogen-bond acceptors (Lipinski definition) is 3. The Hall–Kier alpha value is -1.39. The van der Waals surface area contributed by atoms with Gasteiger partial charge in [0.1, 0.15) is 5.92 Å². The molecule has 5 nitrogen and oxygen atoms in total. The van der Waals surface area contributed by atoms with Crippen molar-refractivity contribution in [2.45, 2.75) is 33.1 Å². The van der Waals surface area contributed by atoms with Crippen LogP contribution >= 0.6 is 0 Å². The van der Waals surface area contributed by atoms with E-state index in [1.807, 2.05) is 6.92 Å². The Labute approximate surface area is 88.6 Å². The second kappa shape index (κ2) is 4.91. The molecular formula is C10H16N2O3. The van der Waals surface area contributed by atoms with Crippen molar-refractivity contribution in [2.75, 3.05) is 0 Å². The second-order valence-corrected chi connectivity index (χ2v) is 3.99. The van der Waals surface area contributed by atoms with Crippen LogP contribution in [0.1, 0.15) is 33.1 Å². The zero-order chi connectivity index (χ0) is 11.4. The molecule has 0 aliphatic carbocycles. The van der Waals surface area contributed by atoms with Gasteiger partial charge in [0, 0.05) is 0 Å². The van der Waals surface area contributed by atoms with Crippen LogP contribution in [0.2, 0.25) is 0 Å². The minimum atomic E-state index is -0.718. The number of carbonyl (C=O) groups is 3. The van der Waals surface area contributed by atoms with Crippen LogP contribution in [0.25, 0.3) is 0 Å². The SMILES string of the molecule is CCCC(C)CC1C(=O)NC(=O)NC1=O. The standard InChI is InChI=1S/C10H16N2O3/c1-3-4-6(2)5-7-8(13)11-10(15)12-9(7)14/h6-7H,3-5H2,1-2H3,(H2,11,12,13,14,15). The highest BCUT2D eigenvalue weighted by Gasteiger charge is 2.34. The summed E-state index contributed by atoms with van der Waals surface area (Å²) in [5, 5.41) is 4.19. The van der Waals surface area contributed by atoms with Gasteiger partial charge >= 0.3 is 6.03 Å². The molecule has 4 amide bonds. The monoisotopic (exact) mass is 212 g/mol. The van der Waals surface area contributed by atoms with Gasteiger partial charge in [-0.2, -0.15) is 0 Å². The van der Waals surface area contributed by atoms with Crippen LogP contribution in [0.15, 0.2) is 0 Å². The maximum atomic E-state index is 11.4. The molecule has 1 fully saturated rings. The molecule has 1 saturated heterocycles. The second-order valence-electron chi connectivity index (χ2n) is 3.99. The summed E-state index contributed by atoms with van der Waals surface area (Å²) in [6.07, 6.45) is 2.50. The lowest BCUT2D eigenvalue weighted by molar-refractivity contribution is -0.136. The van der Waals surface area contributed by atoms with Gasteiger partial charge < -0.3 is 0 Å².